The van der Waals surface area contributed by atoms with Crippen molar-refractivity contribution in [2.45, 2.75) is 39.7 Å². The lowest BCUT2D eigenvalue weighted by molar-refractivity contribution is 0.518. The molecule has 0 aliphatic rings. The van der Waals surface area contributed by atoms with Crippen molar-refractivity contribution in [2.75, 3.05) is 6.54 Å². The number of rotatable bonds is 6. The number of benzene rings is 1. The van der Waals surface area contributed by atoms with Gasteiger partial charge < -0.3 is 5.32 Å². The number of hydrogen-bond donors (Lipinski definition) is 1. The Morgan fingerprint density at radius 3 is 2.45 bits per heavy atom. The lowest BCUT2D eigenvalue weighted by atomic mass is 10.0. The first-order valence-corrected chi connectivity index (χ1v) is 7.59. The lowest BCUT2D eigenvalue weighted by Crippen LogP contribution is -2.21. The minimum Gasteiger partial charge on any atom is -0.310 e. The van der Waals surface area contributed by atoms with E-state index in [-0.39, 0.29) is 0 Å². The molecule has 0 aliphatic heterocycles. The number of nitrogens with zero attached hydrogens (tertiary/aromatic N) is 2. The summed E-state index contributed by atoms with van der Waals surface area (Å²) in [5.41, 5.74) is 3.21. The molecule has 0 fully saturated rings. The number of hydrogen-bond acceptors (Lipinski definition) is 2. The van der Waals surface area contributed by atoms with Crippen molar-refractivity contribution in [2.24, 2.45) is 0 Å². The van der Waals surface area contributed by atoms with Crippen LogP contribution in [0, 0.1) is 6.92 Å². The largest absolute Gasteiger partial charge is 0.310 e. The van der Waals surface area contributed by atoms with E-state index in [0.717, 1.165) is 30.8 Å². The van der Waals surface area contributed by atoms with Crippen LogP contribution in [-0.4, -0.2) is 16.3 Å². The maximum atomic E-state index is 6.05. The van der Waals surface area contributed by atoms with Gasteiger partial charge in [0.05, 0.1) is 16.4 Å². The summed E-state index contributed by atoms with van der Waals surface area (Å²) in [6, 6.07) is 8.93. The predicted octanol–water partition coefficient (Wildman–Crippen LogP) is 4.28. The zero-order valence-corrected chi connectivity index (χ0v) is 13.1. The van der Waals surface area contributed by atoms with Crippen LogP contribution in [0.25, 0.3) is 5.69 Å². The highest BCUT2D eigenvalue weighted by molar-refractivity contribution is 6.31. The highest BCUT2D eigenvalue weighted by Crippen LogP contribution is 2.20. The molecule has 0 amide bonds. The molecule has 1 unspecified atom stereocenters. The van der Waals surface area contributed by atoms with Crippen molar-refractivity contribution in [3.63, 3.8) is 0 Å². The molecule has 0 bridgehead atoms. The maximum Gasteiger partial charge on any atom is 0.0819 e. The van der Waals surface area contributed by atoms with Crippen molar-refractivity contribution in [1.82, 2.24) is 15.1 Å². The molecule has 0 saturated heterocycles. The van der Waals surface area contributed by atoms with Gasteiger partial charge in [-0.25, -0.2) is 4.68 Å². The Kier molecular flexibility index (Phi) is 5.21. The molecule has 2 rings (SSSR count). The van der Waals surface area contributed by atoms with Crippen molar-refractivity contribution < 1.29 is 0 Å². The normalized spacial score (nSPS) is 12.6. The SMILES string of the molecule is CCCNC(CC)c1ccc(-n2cc(Cl)c(C)n2)cc1. The van der Waals surface area contributed by atoms with E-state index in [1.165, 1.54) is 5.56 Å². The Labute approximate surface area is 126 Å². The number of aryl methyl sites for hydroxylation is 1. The van der Waals surface area contributed by atoms with E-state index in [9.17, 15) is 0 Å². The van der Waals surface area contributed by atoms with Crippen molar-refractivity contribution in [3.05, 3.63) is 46.7 Å². The second kappa shape index (κ2) is 6.91. The van der Waals surface area contributed by atoms with E-state index >= 15 is 0 Å². The summed E-state index contributed by atoms with van der Waals surface area (Å²) in [7, 11) is 0. The summed E-state index contributed by atoms with van der Waals surface area (Å²) >= 11 is 6.05. The van der Waals surface area contributed by atoms with Crippen LogP contribution in [0.1, 0.15) is 44.0 Å². The molecule has 20 heavy (non-hydrogen) atoms. The van der Waals surface area contributed by atoms with Crippen LogP contribution < -0.4 is 5.32 Å². The second-order valence-corrected chi connectivity index (χ2v) is 5.42. The van der Waals surface area contributed by atoms with Crippen molar-refractivity contribution in [3.8, 4) is 5.69 Å². The highest BCUT2D eigenvalue weighted by Gasteiger charge is 2.09. The molecular formula is C16H22ClN3. The smallest absolute Gasteiger partial charge is 0.0819 e. The van der Waals surface area contributed by atoms with E-state index in [1.807, 2.05) is 17.8 Å². The van der Waals surface area contributed by atoms with Gasteiger partial charge in [0, 0.05) is 12.2 Å². The standard InChI is InChI=1S/C16H22ClN3/c1-4-10-18-16(5-2)13-6-8-14(9-7-13)20-11-15(17)12(3)19-20/h6-9,11,16,18H,4-5,10H2,1-3H3. The van der Waals surface area contributed by atoms with Gasteiger partial charge in [-0.1, -0.05) is 37.6 Å². The molecule has 1 heterocycles. The molecule has 4 heteroatoms. The fourth-order valence-electron chi connectivity index (χ4n) is 2.25. The summed E-state index contributed by atoms with van der Waals surface area (Å²) < 4.78 is 1.82. The molecule has 2 aromatic rings. The summed E-state index contributed by atoms with van der Waals surface area (Å²) in [6.07, 6.45) is 4.09. The zero-order chi connectivity index (χ0) is 14.5. The summed E-state index contributed by atoms with van der Waals surface area (Å²) in [6.45, 7) is 7.35. The molecule has 0 radical (unpaired) electrons. The molecule has 1 aromatic carbocycles. The quantitative estimate of drug-likeness (QED) is 0.860. The summed E-state index contributed by atoms with van der Waals surface area (Å²) in [5, 5.41) is 8.66. The van der Waals surface area contributed by atoms with E-state index < -0.39 is 0 Å². The predicted molar refractivity (Wildman–Crippen MR) is 84.6 cm³/mol. The average Bonchev–Trinajstić information content (AvgIpc) is 2.80. The molecule has 1 N–H and O–H groups in total. The van der Waals surface area contributed by atoms with Crippen LogP contribution in [0.5, 0.6) is 0 Å². The Morgan fingerprint density at radius 2 is 1.95 bits per heavy atom. The monoisotopic (exact) mass is 291 g/mol. The minimum absolute atomic E-state index is 0.423. The molecule has 0 spiro atoms. The van der Waals surface area contributed by atoms with Gasteiger partial charge in [0.25, 0.3) is 0 Å². The third kappa shape index (κ3) is 3.41. The average molecular weight is 292 g/mol. The van der Waals surface area contributed by atoms with Gasteiger partial charge in [0.2, 0.25) is 0 Å². The van der Waals surface area contributed by atoms with Crippen LogP contribution in [0.2, 0.25) is 5.02 Å². The third-order valence-corrected chi connectivity index (χ3v) is 3.82. The van der Waals surface area contributed by atoms with E-state index in [2.05, 4.69) is 48.5 Å². The van der Waals surface area contributed by atoms with Gasteiger partial charge >= 0.3 is 0 Å². The van der Waals surface area contributed by atoms with Gasteiger partial charge in [-0.2, -0.15) is 5.10 Å². The van der Waals surface area contributed by atoms with Crippen LogP contribution in [0.4, 0.5) is 0 Å². The molecule has 0 aliphatic carbocycles. The minimum atomic E-state index is 0.423. The zero-order valence-electron chi connectivity index (χ0n) is 12.4. The molecule has 3 nitrogen and oxygen atoms in total. The molecule has 1 aromatic heterocycles. The van der Waals surface area contributed by atoms with Crippen LogP contribution in [-0.2, 0) is 0 Å². The first-order chi connectivity index (χ1) is 9.65. The van der Waals surface area contributed by atoms with Crippen molar-refractivity contribution in [1.29, 1.82) is 0 Å². The van der Waals surface area contributed by atoms with Gasteiger partial charge in [0.15, 0.2) is 0 Å². The van der Waals surface area contributed by atoms with Gasteiger partial charge in [0.1, 0.15) is 0 Å². The Balaban J connectivity index is 2.16. The Morgan fingerprint density at radius 1 is 1.25 bits per heavy atom. The Bertz CT molecular complexity index is 526. The fourth-order valence-corrected chi connectivity index (χ4v) is 2.38. The third-order valence-electron chi connectivity index (χ3n) is 3.45. The maximum absolute atomic E-state index is 6.05. The fraction of sp³-hybridized carbons (Fsp3) is 0.438. The molecule has 108 valence electrons. The Hall–Kier alpha value is -1.32. The molecule has 0 saturated carbocycles. The lowest BCUT2D eigenvalue weighted by Gasteiger charge is -2.17. The van der Waals surface area contributed by atoms with E-state index in [1.54, 1.807) is 0 Å². The van der Waals surface area contributed by atoms with Gasteiger partial charge in [-0.15, -0.1) is 0 Å². The van der Waals surface area contributed by atoms with Gasteiger partial charge in [-0.3, -0.25) is 0 Å². The number of halogens is 1. The van der Waals surface area contributed by atoms with Gasteiger partial charge in [-0.05, 0) is 44.0 Å². The molecular weight excluding hydrogens is 270 g/mol. The van der Waals surface area contributed by atoms with E-state index in [4.69, 9.17) is 11.6 Å². The number of nitrogens with one attached hydrogen (secondary N) is 1. The van der Waals surface area contributed by atoms with Crippen LogP contribution in [0.3, 0.4) is 0 Å². The first-order valence-electron chi connectivity index (χ1n) is 7.21. The second-order valence-electron chi connectivity index (χ2n) is 5.01. The first kappa shape index (κ1) is 15.1. The number of aromatic nitrogens is 2. The summed E-state index contributed by atoms with van der Waals surface area (Å²) in [4.78, 5) is 0. The van der Waals surface area contributed by atoms with Crippen LogP contribution in [0.15, 0.2) is 30.5 Å². The van der Waals surface area contributed by atoms with E-state index in [0.29, 0.717) is 11.1 Å². The molecule has 1 atom stereocenters. The topological polar surface area (TPSA) is 29.9 Å². The summed E-state index contributed by atoms with van der Waals surface area (Å²) in [5.74, 6) is 0. The van der Waals surface area contributed by atoms with Crippen molar-refractivity contribution >= 4 is 11.6 Å². The highest BCUT2D eigenvalue weighted by atomic mass is 35.5. The van der Waals surface area contributed by atoms with Crippen LogP contribution >= 0.6 is 11.6 Å².